The van der Waals surface area contributed by atoms with Crippen molar-refractivity contribution in [3.8, 4) is 0 Å². The Hall–Kier alpha value is -0.999. The third-order valence-corrected chi connectivity index (χ3v) is 3.60. The Balaban J connectivity index is 0. The molecule has 0 radical (unpaired) electrons. The summed E-state index contributed by atoms with van der Waals surface area (Å²) in [4.78, 5) is 10.8. The molecule has 1 amide bonds. The van der Waals surface area contributed by atoms with E-state index in [1.165, 1.54) is 12.8 Å². The van der Waals surface area contributed by atoms with E-state index < -0.39 is 0 Å². The Morgan fingerprint density at radius 3 is 1.89 bits per heavy atom. The molecule has 0 aliphatic heterocycles. The van der Waals surface area contributed by atoms with E-state index >= 15 is 0 Å². The molecule has 2 aromatic rings. The Kier molecular flexibility index (Phi) is 19.2. The molecule has 2 nitrogen and oxygen atoms in total. The molecule has 0 atom stereocenters. The van der Waals surface area contributed by atoms with Gasteiger partial charge in [-0.1, -0.05) is 44.0 Å². The van der Waals surface area contributed by atoms with Crippen molar-refractivity contribution in [2.75, 3.05) is 5.32 Å². The first-order valence-corrected chi connectivity index (χ1v) is 9.13. The van der Waals surface area contributed by atoms with Gasteiger partial charge in [-0.2, -0.15) is 37.5 Å². The average molecular weight is 496 g/mol. The number of hydrogen-bond donors (Lipinski definition) is 1. The minimum atomic E-state index is -0.260. The van der Waals surface area contributed by atoms with E-state index in [9.17, 15) is 4.79 Å². The van der Waals surface area contributed by atoms with Gasteiger partial charge in [0.1, 0.15) is 0 Å². The van der Waals surface area contributed by atoms with E-state index in [2.05, 4.69) is 39.9 Å². The molecule has 0 fully saturated rings. The average Bonchev–Trinajstić information content (AvgIpc) is 2.63. The maximum atomic E-state index is 10.8. The van der Waals surface area contributed by atoms with Crippen LogP contribution in [0.1, 0.15) is 49.3 Å². The largest absolute Gasteiger partial charge is 0.351 e. The molecule has 3 heteroatoms. The smallest absolute Gasteiger partial charge is 0.0841 e. The quantitative estimate of drug-likeness (QED) is 0.377. The number of aryl methyl sites for hydroxylation is 2. The minimum absolute atomic E-state index is 0. The molecule has 0 spiro atoms. The maximum absolute atomic E-state index is 10.8. The van der Waals surface area contributed by atoms with E-state index in [0.29, 0.717) is 0 Å². The fraction of sp³-hybridized carbons (Fsp3) is 0.292. The second-order valence-electron chi connectivity index (χ2n) is 5.91. The zero-order valence-electron chi connectivity index (χ0n) is 16.9. The predicted molar refractivity (Wildman–Crippen MR) is 115 cm³/mol. The van der Waals surface area contributed by atoms with Gasteiger partial charge in [0.05, 0.1) is 5.91 Å². The summed E-state index contributed by atoms with van der Waals surface area (Å²) in [5, 5.41) is 2.74. The molecule has 148 valence electrons. The van der Waals surface area contributed by atoms with Crippen LogP contribution in [0.25, 0.3) is 0 Å². The molecule has 2 rings (SSSR count). The van der Waals surface area contributed by atoms with Crippen LogP contribution >= 0.6 is 0 Å². The first-order chi connectivity index (χ1) is 12.5. The van der Waals surface area contributed by atoms with Gasteiger partial charge in [0.15, 0.2) is 0 Å². The standard InChI is InChI=1S/C11H14NO.C7H7.C6H12.Nd/c1-4-10-7-5-6-8(2)11(10)12-9(3)13;1-7-5-3-2-4-6-7;1-3-5-6-4-2;/h5-7H,3-4H2,1-2H3,(H,12,13);2-6H,1H2;1-6H2;/q2*-1;-2;. The number of anilines is 1. The number of benzene rings is 2. The van der Waals surface area contributed by atoms with Gasteiger partial charge in [-0.15, -0.1) is 12.1 Å². The topological polar surface area (TPSA) is 29.1 Å². The summed E-state index contributed by atoms with van der Waals surface area (Å²) in [5.41, 5.74) is 4.21. The fourth-order valence-electron chi connectivity index (χ4n) is 2.17. The van der Waals surface area contributed by atoms with Crippen molar-refractivity contribution in [3.05, 3.63) is 92.9 Å². The molecular formula is C24H33NNdO-4. The molecule has 0 saturated carbocycles. The van der Waals surface area contributed by atoms with E-state index in [1.54, 1.807) is 0 Å². The van der Waals surface area contributed by atoms with Crippen LogP contribution in [0.2, 0.25) is 0 Å². The van der Waals surface area contributed by atoms with Crippen LogP contribution in [0.4, 0.5) is 5.69 Å². The number of nitrogens with one attached hydrogen (secondary N) is 1. The van der Waals surface area contributed by atoms with Crippen molar-refractivity contribution in [1.82, 2.24) is 0 Å². The number of carbonyl (C=O) groups excluding carboxylic acids is 1. The summed E-state index contributed by atoms with van der Waals surface area (Å²) in [6.45, 7) is 18.5. The van der Waals surface area contributed by atoms with Crippen LogP contribution in [-0.2, 0) is 11.2 Å². The molecule has 0 aromatic heterocycles. The van der Waals surface area contributed by atoms with Gasteiger partial charge >= 0.3 is 0 Å². The van der Waals surface area contributed by atoms with E-state index in [1.807, 2.05) is 55.5 Å². The normalized spacial score (nSPS) is 8.89. The van der Waals surface area contributed by atoms with E-state index in [-0.39, 0.29) is 46.7 Å². The molecule has 0 bridgehead atoms. The zero-order chi connectivity index (χ0) is 19.8. The molecule has 0 unspecified atom stereocenters. The van der Waals surface area contributed by atoms with Gasteiger partial charge in [-0.05, 0) is 24.5 Å². The Morgan fingerprint density at radius 2 is 1.52 bits per heavy atom. The Bertz CT molecular complexity index is 607. The third kappa shape index (κ3) is 14.7. The number of carbonyl (C=O) groups is 1. The van der Waals surface area contributed by atoms with Crippen molar-refractivity contribution < 1.29 is 45.6 Å². The van der Waals surface area contributed by atoms with Crippen LogP contribution in [0.15, 0.2) is 48.5 Å². The molecule has 0 aliphatic rings. The van der Waals surface area contributed by atoms with Gasteiger partial charge in [-0.25, -0.2) is 0 Å². The predicted octanol–water partition coefficient (Wildman–Crippen LogP) is 6.41. The summed E-state index contributed by atoms with van der Waals surface area (Å²) in [6.07, 6.45) is 5.52. The molecule has 0 heterocycles. The maximum Gasteiger partial charge on any atom is 0.0841 e. The number of para-hydroxylation sites is 1. The van der Waals surface area contributed by atoms with E-state index in [0.717, 1.165) is 41.6 Å². The van der Waals surface area contributed by atoms with Crippen LogP contribution < -0.4 is 5.32 Å². The number of amides is 1. The summed E-state index contributed by atoms with van der Waals surface area (Å²) in [5.74, 6) is -0.260. The number of hydrogen-bond acceptors (Lipinski definition) is 1. The number of rotatable bonds is 5. The molecule has 27 heavy (non-hydrogen) atoms. The van der Waals surface area contributed by atoms with Crippen LogP contribution in [0, 0.1) is 75.5 Å². The summed E-state index contributed by atoms with van der Waals surface area (Å²) in [7, 11) is 0. The zero-order valence-corrected chi connectivity index (χ0v) is 20.1. The van der Waals surface area contributed by atoms with Crippen molar-refractivity contribution in [2.45, 2.75) is 46.0 Å². The first kappa shape index (κ1) is 28.2. The van der Waals surface area contributed by atoms with Crippen LogP contribution in [0.3, 0.4) is 0 Å². The molecule has 2 aromatic carbocycles. The molecule has 0 aliphatic carbocycles. The minimum Gasteiger partial charge on any atom is -0.351 e. The van der Waals surface area contributed by atoms with Crippen molar-refractivity contribution in [2.24, 2.45) is 0 Å². The fourth-order valence-corrected chi connectivity index (χ4v) is 2.17. The monoisotopic (exact) mass is 493 g/mol. The van der Waals surface area contributed by atoms with Gasteiger partial charge in [0.2, 0.25) is 0 Å². The van der Waals surface area contributed by atoms with Crippen LogP contribution in [0.5, 0.6) is 0 Å². The molecule has 1 N–H and O–H groups in total. The second-order valence-corrected chi connectivity index (χ2v) is 5.91. The summed E-state index contributed by atoms with van der Waals surface area (Å²) >= 11 is 0. The Morgan fingerprint density at radius 1 is 0.963 bits per heavy atom. The molecule has 0 saturated heterocycles. The first-order valence-electron chi connectivity index (χ1n) is 9.13. The number of unbranched alkanes of at least 4 members (excludes halogenated alkanes) is 3. The van der Waals surface area contributed by atoms with Crippen molar-refractivity contribution in [3.63, 3.8) is 0 Å². The van der Waals surface area contributed by atoms with Crippen molar-refractivity contribution >= 4 is 11.6 Å². The SMILES string of the molecule is [CH2-]C(=O)Nc1c(C)cccc1CC.[CH2-]CCCC[CH2-].[CH2-]c1ccccc1.[Nd]. The van der Waals surface area contributed by atoms with Crippen molar-refractivity contribution in [1.29, 1.82) is 0 Å². The van der Waals surface area contributed by atoms with Gasteiger partial charge in [0, 0.05) is 46.5 Å². The molecular weight excluding hydrogens is 463 g/mol. The Labute approximate surface area is 200 Å². The van der Waals surface area contributed by atoms with Gasteiger partial charge in [-0.3, -0.25) is 0 Å². The third-order valence-electron chi connectivity index (χ3n) is 3.60. The van der Waals surface area contributed by atoms with Crippen LogP contribution in [-0.4, -0.2) is 5.91 Å². The van der Waals surface area contributed by atoms with Gasteiger partial charge in [0.25, 0.3) is 0 Å². The van der Waals surface area contributed by atoms with Gasteiger partial charge < -0.3 is 30.9 Å². The summed E-state index contributed by atoms with van der Waals surface area (Å²) < 4.78 is 0. The summed E-state index contributed by atoms with van der Waals surface area (Å²) in [6, 6.07) is 15.9. The second kappa shape index (κ2) is 18.4. The van der Waals surface area contributed by atoms with E-state index in [4.69, 9.17) is 0 Å².